The topological polar surface area (TPSA) is 57.5 Å². The molecule has 0 saturated heterocycles. The van der Waals surface area contributed by atoms with Gasteiger partial charge in [0.1, 0.15) is 0 Å². The fourth-order valence-corrected chi connectivity index (χ4v) is 1.90. The molecule has 2 aromatic carbocycles. The summed E-state index contributed by atoms with van der Waals surface area (Å²) in [7, 11) is -1.62. The fraction of sp³-hybridized carbons (Fsp3) is 0.0833. The normalized spacial score (nSPS) is 10.4. The van der Waals surface area contributed by atoms with Gasteiger partial charge >= 0.3 is 7.12 Å². The minimum Gasteiger partial charge on any atom is -0.423 e. The standard InChI is InChI=1S/C12H11BO3/c1-8(14)12-10-5-3-2-4-9(10)6-7-11(12)13(15)16/h2-7,15-16H,1H3. The molecule has 0 spiro atoms. The summed E-state index contributed by atoms with van der Waals surface area (Å²) in [5.74, 6) is -0.167. The second kappa shape index (κ2) is 4.08. The molecule has 2 N–H and O–H groups in total. The summed E-state index contributed by atoms with van der Waals surface area (Å²) in [5.41, 5.74) is 0.638. The van der Waals surface area contributed by atoms with Crippen LogP contribution < -0.4 is 5.46 Å². The molecule has 4 heteroatoms. The van der Waals surface area contributed by atoms with Crippen LogP contribution in [0.3, 0.4) is 0 Å². The van der Waals surface area contributed by atoms with Crippen molar-refractivity contribution < 1.29 is 14.8 Å². The molecule has 3 nitrogen and oxygen atoms in total. The van der Waals surface area contributed by atoms with Crippen LogP contribution in [-0.4, -0.2) is 22.9 Å². The summed E-state index contributed by atoms with van der Waals surface area (Å²) in [4.78, 5) is 11.6. The van der Waals surface area contributed by atoms with E-state index >= 15 is 0 Å². The molecule has 0 aliphatic rings. The van der Waals surface area contributed by atoms with Gasteiger partial charge in [-0.05, 0) is 23.2 Å². The van der Waals surface area contributed by atoms with Gasteiger partial charge in [-0.2, -0.15) is 0 Å². The van der Waals surface area contributed by atoms with Crippen LogP contribution in [0.15, 0.2) is 36.4 Å². The van der Waals surface area contributed by atoms with Crippen molar-refractivity contribution in [3.05, 3.63) is 42.0 Å². The molecule has 0 aliphatic carbocycles. The van der Waals surface area contributed by atoms with Gasteiger partial charge in [0.05, 0.1) is 0 Å². The molecular weight excluding hydrogens is 203 g/mol. The Bertz CT molecular complexity index is 549. The van der Waals surface area contributed by atoms with Crippen LogP contribution in [0.1, 0.15) is 17.3 Å². The molecule has 0 bridgehead atoms. The molecule has 2 aromatic rings. The van der Waals surface area contributed by atoms with E-state index in [4.69, 9.17) is 0 Å². The summed E-state index contributed by atoms with van der Waals surface area (Å²) in [6, 6.07) is 10.7. The lowest BCUT2D eigenvalue weighted by Gasteiger charge is -2.09. The maximum Gasteiger partial charge on any atom is 0.489 e. The van der Waals surface area contributed by atoms with Gasteiger partial charge in [-0.15, -0.1) is 0 Å². The number of hydrogen-bond donors (Lipinski definition) is 2. The average Bonchev–Trinajstić information content (AvgIpc) is 2.27. The van der Waals surface area contributed by atoms with Gasteiger partial charge in [-0.1, -0.05) is 36.4 Å². The van der Waals surface area contributed by atoms with Crippen LogP contribution >= 0.6 is 0 Å². The summed E-state index contributed by atoms with van der Waals surface area (Å²) < 4.78 is 0. The van der Waals surface area contributed by atoms with E-state index in [1.807, 2.05) is 18.2 Å². The zero-order valence-electron chi connectivity index (χ0n) is 8.84. The van der Waals surface area contributed by atoms with Gasteiger partial charge in [0.25, 0.3) is 0 Å². The highest BCUT2D eigenvalue weighted by Crippen LogP contribution is 2.17. The Labute approximate surface area is 93.5 Å². The van der Waals surface area contributed by atoms with Crippen LogP contribution in [0.5, 0.6) is 0 Å². The minimum atomic E-state index is -1.62. The van der Waals surface area contributed by atoms with Gasteiger partial charge in [0.15, 0.2) is 5.78 Å². The Morgan fingerprint density at radius 3 is 2.44 bits per heavy atom. The van der Waals surface area contributed by atoms with Gasteiger partial charge in [0, 0.05) is 5.56 Å². The highest BCUT2D eigenvalue weighted by Gasteiger charge is 2.20. The first-order valence-corrected chi connectivity index (χ1v) is 5.00. The third-order valence-electron chi connectivity index (χ3n) is 2.59. The number of carbonyl (C=O) groups excluding carboxylic acids is 1. The van der Waals surface area contributed by atoms with E-state index in [0.717, 1.165) is 10.8 Å². The van der Waals surface area contributed by atoms with Crippen LogP contribution in [0, 0.1) is 0 Å². The molecule has 0 aliphatic heterocycles. The molecule has 16 heavy (non-hydrogen) atoms. The Balaban J connectivity index is 2.84. The van der Waals surface area contributed by atoms with E-state index in [1.54, 1.807) is 18.2 Å². The van der Waals surface area contributed by atoms with E-state index in [9.17, 15) is 14.8 Å². The smallest absolute Gasteiger partial charge is 0.423 e. The molecule has 0 heterocycles. The second-order valence-corrected chi connectivity index (χ2v) is 3.68. The predicted molar refractivity (Wildman–Crippen MR) is 63.8 cm³/mol. The van der Waals surface area contributed by atoms with Crippen molar-refractivity contribution in [2.45, 2.75) is 6.92 Å². The van der Waals surface area contributed by atoms with E-state index in [2.05, 4.69) is 0 Å². The van der Waals surface area contributed by atoms with Crippen LogP contribution in [0.25, 0.3) is 10.8 Å². The molecule has 0 fully saturated rings. The third kappa shape index (κ3) is 1.73. The maximum atomic E-state index is 11.6. The zero-order chi connectivity index (χ0) is 11.7. The third-order valence-corrected chi connectivity index (χ3v) is 2.59. The number of hydrogen-bond acceptors (Lipinski definition) is 3. The minimum absolute atomic E-state index is 0.167. The molecule has 80 valence electrons. The molecule has 2 rings (SSSR count). The maximum absolute atomic E-state index is 11.6. The fourth-order valence-electron chi connectivity index (χ4n) is 1.90. The molecule has 0 unspecified atom stereocenters. The second-order valence-electron chi connectivity index (χ2n) is 3.68. The monoisotopic (exact) mass is 214 g/mol. The van der Waals surface area contributed by atoms with Crippen molar-refractivity contribution >= 4 is 29.1 Å². The first kappa shape index (κ1) is 10.9. The van der Waals surface area contributed by atoms with Gasteiger partial charge in [-0.3, -0.25) is 4.79 Å². The number of rotatable bonds is 2. The Kier molecular flexibility index (Phi) is 2.77. The average molecular weight is 214 g/mol. The van der Waals surface area contributed by atoms with E-state index in [0.29, 0.717) is 5.56 Å². The van der Waals surface area contributed by atoms with E-state index < -0.39 is 7.12 Å². The highest BCUT2D eigenvalue weighted by molar-refractivity contribution is 6.61. The highest BCUT2D eigenvalue weighted by atomic mass is 16.4. The number of Topliss-reactive ketones (excluding diaryl/α,β-unsaturated/α-hetero) is 1. The van der Waals surface area contributed by atoms with Crippen molar-refractivity contribution in [3.63, 3.8) is 0 Å². The van der Waals surface area contributed by atoms with E-state index in [1.165, 1.54) is 6.92 Å². The summed E-state index contributed by atoms with van der Waals surface area (Å²) in [5, 5.41) is 20.1. The van der Waals surface area contributed by atoms with Crippen LogP contribution in [0.2, 0.25) is 0 Å². The molecule has 0 saturated carbocycles. The first-order valence-electron chi connectivity index (χ1n) is 5.00. The lowest BCUT2D eigenvalue weighted by molar-refractivity contribution is 0.102. The quantitative estimate of drug-likeness (QED) is 0.572. The van der Waals surface area contributed by atoms with E-state index in [-0.39, 0.29) is 11.2 Å². The number of fused-ring (bicyclic) bond motifs is 1. The molecule has 0 radical (unpaired) electrons. The zero-order valence-corrected chi connectivity index (χ0v) is 8.84. The van der Waals surface area contributed by atoms with Crippen LogP contribution in [0.4, 0.5) is 0 Å². The SMILES string of the molecule is CC(=O)c1c(B(O)O)ccc2ccccc12. The Morgan fingerprint density at radius 1 is 1.12 bits per heavy atom. The first-order chi connectivity index (χ1) is 7.61. The molecule has 0 atom stereocenters. The number of ketones is 1. The summed E-state index contributed by atoms with van der Waals surface area (Å²) in [6.45, 7) is 1.42. The molecular formula is C12H11BO3. The van der Waals surface area contributed by atoms with Crippen molar-refractivity contribution in [1.29, 1.82) is 0 Å². The number of carbonyl (C=O) groups is 1. The summed E-state index contributed by atoms with van der Waals surface area (Å²) >= 11 is 0. The lowest BCUT2D eigenvalue weighted by Crippen LogP contribution is -2.34. The molecule has 0 amide bonds. The predicted octanol–water partition coefficient (Wildman–Crippen LogP) is 0.722. The van der Waals surface area contributed by atoms with Crippen molar-refractivity contribution in [3.8, 4) is 0 Å². The number of benzene rings is 2. The van der Waals surface area contributed by atoms with Crippen LogP contribution in [-0.2, 0) is 0 Å². The van der Waals surface area contributed by atoms with Gasteiger partial charge in [0.2, 0.25) is 0 Å². The van der Waals surface area contributed by atoms with Gasteiger partial charge < -0.3 is 10.0 Å². The molecule has 0 aromatic heterocycles. The summed E-state index contributed by atoms with van der Waals surface area (Å²) in [6.07, 6.45) is 0. The largest absolute Gasteiger partial charge is 0.489 e. The van der Waals surface area contributed by atoms with Gasteiger partial charge in [-0.25, -0.2) is 0 Å². The van der Waals surface area contributed by atoms with Crippen molar-refractivity contribution in [2.75, 3.05) is 0 Å². The van der Waals surface area contributed by atoms with Crippen molar-refractivity contribution in [2.24, 2.45) is 0 Å². The van der Waals surface area contributed by atoms with Crippen molar-refractivity contribution in [1.82, 2.24) is 0 Å². The Morgan fingerprint density at radius 2 is 1.81 bits per heavy atom. The Hall–Kier alpha value is -1.65. The lowest BCUT2D eigenvalue weighted by atomic mass is 9.74.